The number of benzene rings is 1. The summed E-state index contributed by atoms with van der Waals surface area (Å²) in [7, 11) is 0. The number of hydrogen-bond donors (Lipinski definition) is 0. The highest BCUT2D eigenvalue weighted by atomic mass is 35.5. The molecule has 0 heterocycles. The molecule has 0 bridgehead atoms. The zero-order valence-electron chi connectivity index (χ0n) is 9.84. The molecular weight excluding hydrogens is 220 g/mol. The largest absolute Gasteiger partial charge is 0.299 e. The van der Waals surface area contributed by atoms with E-state index in [-0.39, 0.29) is 0 Å². The van der Waals surface area contributed by atoms with E-state index in [4.69, 9.17) is 11.6 Å². The van der Waals surface area contributed by atoms with Gasteiger partial charge in [-0.05, 0) is 24.1 Å². The molecule has 0 radical (unpaired) electrons. The maximum absolute atomic E-state index is 11.6. The Morgan fingerprint density at radius 3 is 2.44 bits per heavy atom. The van der Waals surface area contributed by atoms with Crippen molar-refractivity contribution in [3.05, 3.63) is 34.9 Å². The van der Waals surface area contributed by atoms with Crippen molar-refractivity contribution in [1.82, 2.24) is 0 Å². The molecule has 16 heavy (non-hydrogen) atoms. The number of ketones is 1. The first-order chi connectivity index (χ1) is 7.72. The standard InChI is InChI=1S/C14H19ClO/c1-2-3-4-5-6-14(16)11-12-7-9-13(15)10-8-12/h7-10H,2-6,11H2,1H3. The van der Waals surface area contributed by atoms with Crippen LogP contribution < -0.4 is 0 Å². The highest BCUT2D eigenvalue weighted by Crippen LogP contribution is 2.11. The highest BCUT2D eigenvalue weighted by molar-refractivity contribution is 6.30. The van der Waals surface area contributed by atoms with Crippen LogP contribution in [-0.2, 0) is 11.2 Å². The van der Waals surface area contributed by atoms with Crippen molar-refractivity contribution in [2.75, 3.05) is 0 Å². The third-order valence-electron chi connectivity index (χ3n) is 2.62. The van der Waals surface area contributed by atoms with E-state index >= 15 is 0 Å². The molecule has 0 aliphatic rings. The zero-order valence-corrected chi connectivity index (χ0v) is 10.6. The molecule has 0 fully saturated rings. The van der Waals surface area contributed by atoms with Gasteiger partial charge >= 0.3 is 0 Å². The lowest BCUT2D eigenvalue weighted by Gasteiger charge is -2.01. The van der Waals surface area contributed by atoms with Crippen molar-refractivity contribution in [3.8, 4) is 0 Å². The van der Waals surface area contributed by atoms with Crippen LogP contribution in [0.2, 0.25) is 5.02 Å². The Hall–Kier alpha value is -0.820. The number of carbonyl (C=O) groups is 1. The summed E-state index contributed by atoms with van der Waals surface area (Å²) in [6, 6.07) is 7.51. The number of rotatable bonds is 7. The van der Waals surface area contributed by atoms with Crippen LogP contribution in [0.5, 0.6) is 0 Å². The SMILES string of the molecule is CCCCCCC(=O)Cc1ccc(Cl)cc1. The Bertz CT molecular complexity index is 316. The van der Waals surface area contributed by atoms with Gasteiger partial charge in [0, 0.05) is 17.9 Å². The minimum Gasteiger partial charge on any atom is -0.299 e. The average molecular weight is 239 g/mol. The van der Waals surface area contributed by atoms with Crippen molar-refractivity contribution in [1.29, 1.82) is 0 Å². The van der Waals surface area contributed by atoms with Crippen LogP contribution in [-0.4, -0.2) is 5.78 Å². The molecule has 0 unspecified atom stereocenters. The van der Waals surface area contributed by atoms with E-state index in [1.165, 1.54) is 19.3 Å². The number of hydrogen-bond acceptors (Lipinski definition) is 1. The second-order valence-electron chi connectivity index (χ2n) is 4.15. The molecule has 0 saturated carbocycles. The summed E-state index contributed by atoms with van der Waals surface area (Å²) in [4.78, 5) is 11.6. The second-order valence-corrected chi connectivity index (χ2v) is 4.59. The summed E-state index contributed by atoms with van der Waals surface area (Å²) < 4.78 is 0. The fourth-order valence-electron chi connectivity index (χ4n) is 1.67. The molecule has 0 amide bonds. The van der Waals surface area contributed by atoms with Crippen molar-refractivity contribution in [3.63, 3.8) is 0 Å². The monoisotopic (exact) mass is 238 g/mol. The topological polar surface area (TPSA) is 17.1 Å². The van der Waals surface area contributed by atoms with Crippen LogP contribution in [0.25, 0.3) is 0 Å². The Morgan fingerprint density at radius 2 is 1.81 bits per heavy atom. The summed E-state index contributed by atoms with van der Waals surface area (Å²) in [6.07, 6.45) is 5.90. The van der Waals surface area contributed by atoms with Gasteiger partial charge in [-0.2, -0.15) is 0 Å². The lowest BCUT2D eigenvalue weighted by molar-refractivity contribution is -0.118. The first-order valence-electron chi connectivity index (χ1n) is 5.98. The molecule has 2 heteroatoms. The van der Waals surface area contributed by atoms with Gasteiger partial charge in [0.25, 0.3) is 0 Å². The lowest BCUT2D eigenvalue weighted by atomic mass is 10.0. The van der Waals surface area contributed by atoms with Crippen LogP contribution in [0.3, 0.4) is 0 Å². The van der Waals surface area contributed by atoms with Gasteiger partial charge in [-0.25, -0.2) is 0 Å². The molecule has 1 nitrogen and oxygen atoms in total. The van der Waals surface area contributed by atoms with Crippen molar-refractivity contribution in [2.24, 2.45) is 0 Å². The smallest absolute Gasteiger partial charge is 0.137 e. The van der Waals surface area contributed by atoms with Gasteiger partial charge < -0.3 is 0 Å². The van der Waals surface area contributed by atoms with Crippen molar-refractivity contribution in [2.45, 2.75) is 45.4 Å². The molecule has 0 saturated heterocycles. The quantitative estimate of drug-likeness (QED) is 0.643. The van der Waals surface area contributed by atoms with Crippen LogP contribution in [0.1, 0.15) is 44.6 Å². The highest BCUT2D eigenvalue weighted by Gasteiger charge is 2.03. The van der Waals surface area contributed by atoms with E-state index in [2.05, 4.69) is 6.92 Å². The first-order valence-corrected chi connectivity index (χ1v) is 6.36. The molecule has 0 aliphatic carbocycles. The Labute approximate surface area is 103 Å². The Balaban J connectivity index is 2.26. The molecule has 0 atom stereocenters. The molecule has 88 valence electrons. The summed E-state index contributed by atoms with van der Waals surface area (Å²) in [5.41, 5.74) is 1.06. The van der Waals surface area contributed by atoms with Crippen LogP contribution >= 0.6 is 11.6 Å². The normalized spacial score (nSPS) is 10.4. The fraction of sp³-hybridized carbons (Fsp3) is 0.500. The summed E-state index contributed by atoms with van der Waals surface area (Å²) in [6.45, 7) is 2.18. The van der Waals surface area contributed by atoms with Gasteiger partial charge in [-0.3, -0.25) is 4.79 Å². The Kier molecular flexibility index (Phi) is 6.17. The number of halogens is 1. The maximum atomic E-state index is 11.6. The Morgan fingerprint density at radius 1 is 1.12 bits per heavy atom. The van der Waals surface area contributed by atoms with E-state index in [9.17, 15) is 4.79 Å². The van der Waals surface area contributed by atoms with Crippen LogP contribution in [0.15, 0.2) is 24.3 Å². The lowest BCUT2D eigenvalue weighted by Crippen LogP contribution is -2.02. The number of unbranched alkanes of at least 4 members (excludes halogenated alkanes) is 3. The van der Waals surface area contributed by atoms with Crippen molar-refractivity contribution >= 4 is 17.4 Å². The summed E-state index contributed by atoms with van der Waals surface area (Å²) >= 11 is 5.78. The molecule has 1 aromatic rings. The summed E-state index contributed by atoms with van der Waals surface area (Å²) in [5.74, 6) is 0.332. The zero-order chi connectivity index (χ0) is 11.8. The predicted molar refractivity (Wildman–Crippen MR) is 68.9 cm³/mol. The third-order valence-corrected chi connectivity index (χ3v) is 2.88. The first kappa shape index (κ1) is 13.2. The van der Waals surface area contributed by atoms with Gasteiger partial charge in [0.05, 0.1) is 0 Å². The van der Waals surface area contributed by atoms with Gasteiger partial charge in [-0.1, -0.05) is 49.9 Å². The average Bonchev–Trinajstić information content (AvgIpc) is 2.28. The maximum Gasteiger partial charge on any atom is 0.137 e. The molecule has 0 aliphatic heterocycles. The minimum absolute atomic E-state index is 0.332. The molecule has 1 aromatic carbocycles. The van der Waals surface area contributed by atoms with Crippen molar-refractivity contribution < 1.29 is 4.79 Å². The van der Waals surface area contributed by atoms with Gasteiger partial charge in [-0.15, -0.1) is 0 Å². The molecule has 1 rings (SSSR count). The summed E-state index contributed by atoms with van der Waals surface area (Å²) in [5, 5.41) is 0.721. The van der Waals surface area contributed by atoms with Crippen LogP contribution in [0, 0.1) is 0 Å². The van der Waals surface area contributed by atoms with E-state index in [1.54, 1.807) is 0 Å². The molecule has 0 aromatic heterocycles. The number of Topliss-reactive ketones (excluding diaryl/α,β-unsaturated/α-hetero) is 1. The molecule has 0 spiro atoms. The second kappa shape index (κ2) is 7.45. The number of carbonyl (C=O) groups excluding carboxylic acids is 1. The van der Waals surface area contributed by atoms with Gasteiger partial charge in [0.1, 0.15) is 5.78 Å². The van der Waals surface area contributed by atoms with E-state index in [0.29, 0.717) is 18.6 Å². The van der Waals surface area contributed by atoms with E-state index < -0.39 is 0 Å². The van der Waals surface area contributed by atoms with Gasteiger partial charge in [0.15, 0.2) is 0 Å². The minimum atomic E-state index is 0.332. The third kappa shape index (κ3) is 5.32. The van der Waals surface area contributed by atoms with Gasteiger partial charge in [0.2, 0.25) is 0 Å². The molecule has 0 N–H and O–H groups in total. The van der Waals surface area contributed by atoms with E-state index in [0.717, 1.165) is 17.0 Å². The fourth-order valence-corrected chi connectivity index (χ4v) is 1.79. The predicted octanol–water partition coefficient (Wildman–Crippen LogP) is 4.42. The van der Waals surface area contributed by atoms with E-state index in [1.807, 2.05) is 24.3 Å². The van der Waals surface area contributed by atoms with Crippen LogP contribution in [0.4, 0.5) is 0 Å². The molecular formula is C14H19ClO.